The first kappa shape index (κ1) is 17.7. The summed E-state index contributed by atoms with van der Waals surface area (Å²) >= 11 is 5.02. The minimum absolute atomic E-state index is 0.0331. The van der Waals surface area contributed by atoms with Gasteiger partial charge in [-0.3, -0.25) is 25.5 Å². The van der Waals surface area contributed by atoms with Gasteiger partial charge in [0, 0.05) is 24.7 Å². The number of carbonyl (C=O) groups excluding carboxylic acids is 1. The highest BCUT2D eigenvalue weighted by Gasteiger charge is 2.24. The summed E-state index contributed by atoms with van der Waals surface area (Å²) in [7, 11) is 1.58. The molecule has 1 amide bonds. The average Bonchev–Trinajstić information content (AvgIpc) is 3.26. The molecule has 3 rings (SSSR count). The van der Waals surface area contributed by atoms with Crippen LogP contribution in [0.2, 0.25) is 0 Å². The Morgan fingerprint density at radius 1 is 1.35 bits per heavy atom. The van der Waals surface area contributed by atoms with Gasteiger partial charge in [0.05, 0.1) is 12.0 Å². The van der Waals surface area contributed by atoms with Gasteiger partial charge < -0.3 is 4.90 Å². The summed E-state index contributed by atoms with van der Waals surface area (Å²) in [6.45, 7) is 1.54. The Morgan fingerprint density at radius 2 is 2.08 bits per heavy atom. The third-order valence-corrected chi connectivity index (χ3v) is 4.05. The highest BCUT2D eigenvalue weighted by Crippen LogP contribution is 2.31. The fourth-order valence-electron chi connectivity index (χ4n) is 2.68. The quantitative estimate of drug-likeness (QED) is 0.453. The molecule has 0 spiro atoms. The molecule has 0 aliphatic carbocycles. The van der Waals surface area contributed by atoms with Crippen LogP contribution in [0.4, 0.5) is 17.3 Å². The van der Waals surface area contributed by atoms with Crippen LogP contribution in [0, 0.1) is 10.1 Å². The van der Waals surface area contributed by atoms with Crippen molar-refractivity contribution in [1.82, 2.24) is 25.5 Å². The van der Waals surface area contributed by atoms with E-state index in [1.54, 1.807) is 19.2 Å². The molecule has 2 heterocycles. The van der Waals surface area contributed by atoms with Crippen molar-refractivity contribution in [3.05, 3.63) is 33.9 Å². The summed E-state index contributed by atoms with van der Waals surface area (Å²) in [6, 6.07) is 4.39. The second-order valence-electron chi connectivity index (χ2n) is 5.67. The summed E-state index contributed by atoms with van der Waals surface area (Å²) in [5.74, 6) is -0.435. The standard InChI is InChI=1S/C14H16N8O3S/c1-20-18-13(17-19-20)16-14(26)15-12(23)9-4-5-10(11(8-9)22(24)25)21-6-2-3-7-21/h4-5,8H,2-3,6-7H2,1H3,(H2,15,16,18,23,26). The first-order chi connectivity index (χ1) is 12.4. The largest absolute Gasteiger partial charge is 0.366 e. The maximum Gasteiger partial charge on any atom is 0.293 e. The summed E-state index contributed by atoms with van der Waals surface area (Å²) in [5.41, 5.74) is 0.554. The molecule has 0 radical (unpaired) electrons. The van der Waals surface area contributed by atoms with E-state index in [1.165, 1.54) is 10.9 Å². The van der Waals surface area contributed by atoms with E-state index < -0.39 is 10.8 Å². The van der Waals surface area contributed by atoms with Crippen LogP contribution in [0.15, 0.2) is 18.2 Å². The molecular formula is C14H16N8O3S. The van der Waals surface area contributed by atoms with Gasteiger partial charge in [-0.15, -0.1) is 5.10 Å². The van der Waals surface area contributed by atoms with Crippen LogP contribution in [-0.4, -0.2) is 49.2 Å². The number of nitrogens with one attached hydrogen (secondary N) is 2. The van der Waals surface area contributed by atoms with Crippen LogP contribution < -0.4 is 15.5 Å². The van der Waals surface area contributed by atoms with Gasteiger partial charge in [-0.25, -0.2) is 0 Å². The van der Waals surface area contributed by atoms with Crippen LogP contribution in [0.3, 0.4) is 0 Å². The fraction of sp³-hybridized carbons (Fsp3) is 0.357. The van der Waals surface area contributed by atoms with Crippen molar-refractivity contribution < 1.29 is 9.72 Å². The number of nitrogens with zero attached hydrogens (tertiary/aromatic N) is 6. The van der Waals surface area contributed by atoms with Gasteiger partial charge in [-0.1, -0.05) is 5.10 Å². The number of carbonyl (C=O) groups is 1. The van der Waals surface area contributed by atoms with E-state index in [4.69, 9.17) is 12.2 Å². The Labute approximate surface area is 153 Å². The number of aromatic nitrogens is 4. The summed E-state index contributed by atoms with van der Waals surface area (Å²) in [5, 5.41) is 27.6. The van der Waals surface area contributed by atoms with E-state index in [-0.39, 0.29) is 22.3 Å². The lowest BCUT2D eigenvalue weighted by Gasteiger charge is -2.17. The van der Waals surface area contributed by atoms with Crippen molar-refractivity contribution in [3.8, 4) is 0 Å². The van der Waals surface area contributed by atoms with Gasteiger partial charge in [-0.2, -0.15) is 4.80 Å². The van der Waals surface area contributed by atoms with Crippen molar-refractivity contribution in [1.29, 1.82) is 0 Å². The Kier molecular flexibility index (Phi) is 5.02. The Morgan fingerprint density at radius 3 is 2.69 bits per heavy atom. The molecule has 0 unspecified atom stereocenters. The average molecular weight is 376 g/mol. The van der Waals surface area contributed by atoms with E-state index in [0.29, 0.717) is 5.69 Å². The highest BCUT2D eigenvalue weighted by molar-refractivity contribution is 7.80. The number of hydrogen-bond donors (Lipinski definition) is 2. The molecule has 0 saturated carbocycles. The van der Waals surface area contributed by atoms with Gasteiger partial charge >= 0.3 is 0 Å². The molecule has 12 heteroatoms. The molecule has 1 fully saturated rings. The third-order valence-electron chi connectivity index (χ3n) is 3.84. The monoisotopic (exact) mass is 376 g/mol. The summed E-state index contributed by atoms with van der Waals surface area (Å²) in [6.07, 6.45) is 1.99. The molecule has 1 saturated heterocycles. The SMILES string of the molecule is Cn1nnc(NC(=S)NC(=O)c2ccc(N3CCCC3)c([N+](=O)[O-])c2)n1. The first-order valence-corrected chi connectivity index (χ1v) is 8.24. The zero-order chi connectivity index (χ0) is 18.7. The molecule has 2 aromatic rings. The molecule has 1 aliphatic rings. The van der Waals surface area contributed by atoms with E-state index in [0.717, 1.165) is 25.9 Å². The minimum Gasteiger partial charge on any atom is -0.366 e. The Bertz CT molecular complexity index is 862. The highest BCUT2D eigenvalue weighted by atomic mass is 32.1. The molecule has 1 aromatic carbocycles. The van der Waals surface area contributed by atoms with E-state index in [1.807, 2.05) is 4.90 Å². The molecule has 0 bridgehead atoms. The number of tetrazole rings is 1. The van der Waals surface area contributed by atoms with Crippen LogP contribution >= 0.6 is 12.2 Å². The van der Waals surface area contributed by atoms with Crippen LogP contribution in [0.1, 0.15) is 23.2 Å². The first-order valence-electron chi connectivity index (χ1n) is 7.84. The Balaban J connectivity index is 1.73. The Hall–Kier alpha value is -3.15. The number of thiocarbonyl (C=S) groups is 1. The summed E-state index contributed by atoms with van der Waals surface area (Å²) < 4.78 is 0. The maximum atomic E-state index is 12.3. The molecule has 26 heavy (non-hydrogen) atoms. The van der Waals surface area contributed by atoms with Crippen LogP contribution in [0.5, 0.6) is 0 Å². The van der Waals surface area contributed by atoms with E-state index >= 15 is 0 Å². The molecule has 0 atom stereocenters. The third kappa shape index (κ3) is 3.91. The van der Waals surface area contributed by atoms with Crippen LogP contribution in [0.25, 0.3) is 0 Å². The van der Waals surface area contributed by atoms with E-state index in [9.17, 15) is 14.9 Å². The maximum absolute atomic E-state index is 12.3. The number of nitro groups is 1. The van der Waals surface area contributed by atoms with Gasteiger partial charge in [0.15, 0.2) is 5.11 Å². The molecule has 2 N–H and O–H groups in total. The lowest BCUT2D eigenvalue weighted by Crippen LogP contribution is -2.34. The molecule has 1 aromatic heterocycles. The molecule has 136 valence electrons. The summed E-state index contributed by atoms with van der Waals surface area (Å²) in [4.78, 5) is 26.4. The van der Waals surface area contributed by atoms with Crippen molar-refractivity contribution >= 4 is 40.6 Å². The predicted octanol–water partition coefficient (Wildman–Crippen LogP) is 0.845. The molecule has 1 aliphatic heterocycles. The second kappa shape index (κ2) is 7.39. The van der Waals surface area contributed by atoms with Crippen molar-refractivity contribution in [2.45, 2.75) is 12.8 Å². The minimum atomic E-state index is -0.567. The number of benzene rings is 1. The fourth-order valence-corrected chi connectivity index (χ4v) is 2.86. The number of nitro benzene ring substituents is 1. The number of amides is 1. The smallest absolute Gasteiger partial charge is 0.293 e. The van der Waals surface area contributed by atoms with E-state index in [2.05, 4.69) is 26.0 Å². The van der Waals surface area contributed by atoms with Crippen molar-refractivity contribution in [3.63, 3.8) is 0 Å². The van der Waals surface area contributed by atoms with Gasteiger partial charge in [0.25, 0.3) is 17.5 Å². The number of anilines is 2. The van der Waals surface area contributed by atoms with Crippen LogP contribution in [-0.2, 0) is 7.05 Å². The lowest BCUT2D eigenvalue weighted by molar-refractivity contribution is -0.384. The zero-order valence-corrected chi connectivity index (χ0v) is 14.7. The van der Waals surface area contributed by atoms with Crippen molar-refractivity contribution in [2.24, 2.45) is 7.05 Å². The van der Waals surface area contributed by atoms with Crippen molar-refractivity contribution in [2.75, 3.05) is 23.3 Å². The molecule has 11 nitrogen and oxygen atoms in total. The van der Waals surface area contributed by atoms with Gasteiger partial charge in [0.2, 0.25) is 0 Å². The lowest BCUT2D eigenvalue weighted by atomic mass is 10.1. The topological polar surface area (TPSA) is 131 Å². The number of rotatable bonds is 4. The zero-order valence-electron chi connectivity index (χ0n) is 13.9. The van der Waals surface area contributed by atoms with Gasteiger partial charge in [0.1, 0.15) is 5.69 Å². The number of hydrogen-bond acceptors (Lipinski definition) is 8. The van der Waals surface area contributed by atoms with Gasteiger partial charge in [-0.05, 0) is 42.4 Å². The molecular weight excluding hydrogens is 360 g/mol. The predicted molar refractivity (Wildman–Crippen MR) is 97.0 cm³/mol. The number of aryl methyl sites for hydroxylation is 1. The normalized spacial score (nSPS) is 13.5. The second-order valence-corrected chi connectivity index (χ2v) is 6.07.